The normalized spacial score (nSPS) is 19.5. The molecular weight excluding hydrogens is 714 g/mol. The van der Waals surface area contributed by atoms with Crippen LogP contribution in [0.15, 0.2) is 69.1 Å². The van der Waals surface area contributed by atoms with E-state index >= 15 is 0 Å². The molecule has 17 heteroatoms. The number of rotatable bonds is 12. The Kier molecular flexibility index (Phi) is 9.20. The Morgan fingerprint density at radius 1 is 0.925 bits per heavy atom. The highest BCUT2D eigenvalue weighted by Gasteiger charge is 2.47. The molecule has 3 aromatic carbocycles. The number of hydrogen-bond acceptors (Lipinski definition) is 15. The van der Waals surface area contributed by atoms with Crippen molar-refractivity contribution in [3.63, 3.8) is 0 Å². The van der Waals surface area contributed by atoms with E-state index in [1.54, 1.807) is 6.07 Å². The third kappa shape index (κ3) is 6.54. The third-order valence-corrected chi connectivity index (χ3v) is 11.5. The van der Waals surface area contributed by atoms with Crippen molar-refractivity contribution >= 4 is 21.8 Å². The molecule has 1 aliphatic carbocycles. The van der Waals surface area contributed by atoms with Gasteiger partial charge in [0.25, 0.3) is 9.84 Å². The van der Waals surface area contributed by atoms with E-state index in [-0.39, 0.29) is 61.4 Å². The average Bonchev–Trinajstić information content (AvgIpc) is 3.91. The maximum atomic E-state index is 13.3. The smallest absolute Gasteiger partial charge is 0.414 e. The first-order valence-corrected chi connectivity index (χ1v) is 18.6. The minimum absolute atomic E-state index is 0.0252. The highest BCUT2D eigenvalue weighted by Crippen LogP contribution is 2.54. The maximum absolute atomic E-state index is 13.3. The summed E-state index contributed by atoms with van der Waals surface area (Å²) in [6, 6.07) is 15.1. The zero-order valence-corrected chi connectivity index (χ0v) is 29.4. The van der Waals surface area contributed by atoms with Crippen LogP contribution in [-0.4, -0.2) is 70.4 Å². The van der Waals surface area contributed by atoms with Gasteiger partial charge in [-0.15, -0.1) is 0 Å². The predicted octanol–water partition coefficient (Wildman–Crippen LogP) is 3.52. The van der Waals surface area contributed by atoms with E-state index < -0.39 is 38.8 Å². The number of carbonyl (C=O) groups excluding carboxylic acids is 2. The summed E-state index contributed by atoms with van der Waals surface area (Å²) in [5.41, 5.74) is 4.10. The monoisotopic (exact) mass is 749 g/mol. The van der Waals surface area contributed by atoms with E-state index in [1.807, 2.05) is 31.3 Å². The minimum Gasteiger partial charge on any atom is -0.466 e. The van der Waals surface area contributed by atoms with Crippen molar-refractivity contribution < 1.29 is 60.7 Å². The molecule has 16 nitrogen and oxygen atoms in total. The number of esters is 2. The van der Waals surface area contributed by atoms with Gasteiger partial charge < -0.3 is 38.4 Å². The van der Waals surface area contributed by atoms with Crippen LogP contribution in [0.25, 0.3) is 0 Å². The van der Waals surface area contributed by atoms with Gasteiger partial charge in [0.05, 0.1) is 36.1 Å². The number of likely N-dealkylation sites (N-methyl/N-ethyl adjacent to an activating group) is 1. The number of aromatic nitrogens is 2. The van der Waals surface area contributed by atoms with E-state index in [9.17, 15) is 23.2 Å². The van der Waals surface area contributed by atoms with Crippen LogP contribution in [0, 0.1) is 5.21 Å². The molecule has 0 radical (unpaired) electrons. The summed E-state index contributed by atoms with van der Waals surface area (Å²) < 4.78 is 70.0. The minimum atomic E-state index is -4.24. The first-order valence-electron chi connectivity index (χ1n) is 17.1. The first-order chi connectivity index (χ1) is 25.7. The molecule has 4 aromatic rings. The van der Waals surface area contributed by atoms with Crippen LogP contribution in [0.2, 0.25) is 0 Å². The number of carbonyl (C=O) groups is 2. The number of hydrogen-bond donors (Lipinski definition) is 0. The number of fused-ring (bicyclic) bond motifs is 8. The van der Waals surface area contributed by atoms with E-state index in [0.29, 0.717) is 48.8 Å². The van der Waals surface area contributed by atoms with Crippen LogP contribution in [0.1, 0.15) is 59.9 Å². The lowest BCUT2D eigenvalue weighted by Gasteiger charge is -2.47. The first kappa shape index (κ1) is 34.5. The molecule has 1 aromatic heterocycles. The van der Waals surface area contributed by atoms with Gasteiger partial charge in [-0.3, -0.25) is 19.1 Å². The van der Waals surface area contributed by atoms with Gasteiger partial charge in [-0.05, 0) is 71.8 Å². The fourth-order valence-corrected chi connectivity index (χ4v) is 8.66. The molecule has 53 heavy (non-hydrogen) atoms. The van der Waals surface area contributed by atoms with Crippen molar-refractivity contribution in [2.24, 2.45) is 0 Å². The van der Waals surface area contributed by atoms with E-state index in [0.717, 1.165) is 22.3 Å². The van der Waals surface area contributed by atoms with Crippen molar-refractivity contribution in [2.45, 2.75) is 66.6 Å². The summed E-state index contributed by atoms with van der Waals surface area (Å²) in [4.78, 5) is 27.7. The Labute approximate surface area is 303 Å². The van der Waals surface area contributed by atoms with Crippen molar-refractivity contribution in [1.29, 1.82) is 0 Å². The fraction of sp³-hybridized carbons (Fsp3) is 0.389. The van der Waals surface area contributed by atoms with Gasteiger partial charge in [0.1, 0.15) is 6.10 Å². The molecule has 3 atom stereocenters. The number of sulfone groups is 1. The molecule has 0 fully saturated rings. The number of benzene rings is 3. The van der Waals surface area contributed by atoms with E-state index in [2.05, 4.69) is 14.7 Å². The summed E-state index contributed by atoms with van der Waals surface area (Å²) in [7, 11) is -2.21. The van der Waals surface area contributed by atoms with Gasteiger partial charge in [-0.2, -0.15) is 0 Å². The summed E-state index contributed by atoms with van der Waals surface area (Å²) in [6.07, 6.45) is 0.254. The number of unbranched alkanes of at least 4 members (excludes halogenated alkanes) is 1. The Morgan fingerprint density at radius 2 is 1.66 bits per heavy atom. The molecule has 0 spiro atoms. The Morgan fingerprint density at radius 3 is 2.49 bits per heavy atom. The zero-order valence-electron chi connectivity index (χ0n) is 28.6. The van der Waals surface area contributed by atoms with Gasteiger partial charge in [0.2, 0.25) is 13.6 Å². The molecule has 3 aliphatic heterocycles. The largest absolute Gasteiger partial charge is 0.466 e. The van der Waals surface area contributed by atoms with Crippen LogP contribution in [-0.2, 0) is 41.9 Å². The quantitative estimate of drug-likeness (QED) is 0.116. The molecule has 0 saturated carbocycles. The van der Waals surface area contributed by atoms with Crippen molar-refractivity contribution in [2.75, 3.05) is 33.8 Å². The summed E-state index contributed by atoms with van der Waals surface area (Å²) in [6.45, 7) is 0.900. The van der Waals surface area contributed by atoms with Crippen molar-refractivity contribution in [3.8, 4) is 28.9 Å². The summed E-state index contributed by atoms with van der Waals surface area (Å²) >= 11 is 0. The highest BCUT2D eigenvalue weighted by molar-refractivity contribution is 7.91. The molecule has 0 bridgehead atoms. The lowest BCUT2D eigenvalue weighted by atomic mass is 9.70. The molecule has 4 heterocycles. The molecule has 0 unspecified atom stereocenters. The van der Waals surface area contributed by atoms with Crippen molar-refractivity contribution in [1.82, 2.24) is 10.1 Å². The second-order valence-corrected chi connectivity index (χ2v) is 14.9. The van der Waals surface area contributed by atoms with Crippen molar-refractivity contribution in [3.05, 3.63) is 82.1 Å². The van der Waals surface area contributed by atoms with Gasteiger partial charge in [-0.1, -0.05) is 24.3 Å². The predicted molar refractivity (Wildman–Crippen MR) is 178 cm³/mol. The number of ether oxygens (including phenoxy) is 7. The van der Waals surface area contributed by atoms with E-state index in [4.69, 9.17) is 33.2 Å². The topological polar surface area (TPSA) is 189 Å². The molecule has 4 aliphatic rings. The maximum Gasteiger partial charge on any atom is 0.414 e. The van der Waals surface area contributed by atoms with Gasteiger partial charge in [0, 0.05) is 30.5 Å². The Bertz CT molecular complexity index is 2160. The molecule has 8 rings (SSSR count). The standard InChI is InChI=1S/C36H35N3O13S/c1-38-18-25-23(9-10-26-34(25)50-20-47-26)32-29(16-21-15-27-28(49-19-48-27)17-24(21)33(32)38)51-31(41)12-11-30(40)45-13-5-6-14-46-35-36(39(42)52-37-35)53(43,44)22-7-3-2-4-8-22/h2-4,7-10,15,17,29,32-33H,5-6,11-14,16,18-20H2,1H3/t29-,32-,33+/m0/s1. The Balaban J connectivity index is 0.856. The fourth-order valence-electron chi connectivity index (χ4n) is 7.36. The number of nitrogens with zero attached hydrogens (tertiary/aromatic N) is 3. The second-order valence-electron chi connectivity index (χ2n) is 13.0. The van der Waals surface area contributed by atoms with E-state index in [1.165, 1.54) is 24.3 Å². The third-order valence-electron chi connectivity index (χ3n) is 9.75. The average molecular weight is 750 g/mol. The molecule has 0 N–H and O–H groups in total. The van der Waals surface area contributed by atoms with Gasteiger partial charge >= 0.3 is 22.8 Å². The Hall–Kier alpha value is -5.55. The van der Waals surface area contributed by atoms with Crippen LogP contribution >= 0.6 is 0 Å². The van der Waals surface area contributed by atoms with Gasteiger partial charge in [0.15, 0.2) is 23.0 Å². The van der Waals surface area contributed by atoms with Crippen LogP contribution < -0.4 is 28.6 Å². The van der Waals surface area contributed by atoms with Crippen LogP contribution in [0.4, 0.5) is 0 Å². The lowest BCUT2D eigenvalue weighted by molar-refractivity contribution is -0.832. The van der Waals surface area contributed by atoms with Crippen LogP contribution in [0.5, 0.6) is 28.9 Å². The van der Waals surface area contributed by atoms with Crippen LogP contribution in [0.3, 0.4) is 0 Å². The molecule has 278 valence electrons. The zero-order chi connectivity index (χ0) is 36.7. The summed E-state index contributed by atoms with van der Waals surface area (Å²) in [5.74, 6) is 0.940. The highest BCUT2D eigenvalue weighted by atomic mass is 32.2. The SMILES string of the molecule is CN1Cc2c(ccc3c2OCO3)[C@H]2[C@@H](OC(=O)CCC(=O)OCCCCOc3no[n+]([O-])c3S(=O)(=O)c3ccccc3)Cc3cc4c(cc3[C@H]21)OCO4. The summed E-state index contributed by atoms with van der Waals surface area (Å²) in [5, 5.41) is 14.7. The molecular formula is C36H35N3O13S. The lowest BCUT2D eigenvalue weighted by Crippen LogP contribution is -2.45. The van der Waals surface area contributed by atoms with Gasteiger partial charge in [-0.25, -0.2) is 8.42 Å². The second kappa shape index (κ2) is 14.1. The molecule has 0 amide bonds. The molecule has 0 saturated heterocycles.